The highest BCUT2D eigenvalue weighted by Gasteiger charge is 2.27. The van der Waals surface area contributed by atoms with Crippen LogP contribution in [-0.2, 0) is 9.53 Å². The summed E-state index contributed by atoms with van der Waals surface area (Å²) in [7, 11) is 0. The Morgan fingerprint density at radius 2 is 1.92 bits per heavy atom. The molecule has 0 spiro atoms. The Hall–Kier alpha value is -2.98. The number of thiophene rings is 1. The Morgan fingerprint density at radius 3 is 2.52 bits per heavy atom. The van der Waals surface area contributed by atoms with Gasteiger partial charge >= 0.3 is 5.97 Å². The molecule has 0 radical (unpaired) electrons. The standard InChI is InChI=1S/C18H16N2O4S/c1-3-24-18(23)14-11(2)16(15(22)12-7-5-4-6-8-12)25-17(14)20-13(21)9-10-19/h4-8H,3,9H2,1-2H3,(H,20,21). The van der Waals surface area contributed by atoms with Gasteiger partial charge in [0.15, 0.2) is 0 Å². The van der Waals surface area contributed by atoms with Crippen molar-refractivity contribution in [1.82, 2.24) is 0 Å². The van der Waals surface area contributed by atoms with Gasteiger partial charge in [-0.3, -0.25) is 9.59 Å². The number of anilines is 1. The van der Waals surface area contributed by atoms with E-state index in [0.717, 1.165) is 11.3 Å². The summed E-state index contributed by atoms with van der Waals surface area (Å²) in [6.45, 7) is 3.48. The summed E-state index contributed by atoms with van der Waals surface area (Å²) in [4.78, 5) is 37.1. The van der Waals surface area contributed by atoms with Crippen molar-refractivity contribution in [2.75, 3.05) is 11.9 Å². The molecule has 0 saturated heterocycles. The molecular weight excluding hydrogens is 340 g/mol. The van der Waals surface area contributed by atoms with E-state index in [-0.39, 0.29) is 29.4 Å². The number of hydrogen-bond donors (Lipinski definition) is 1. The second-order valence-electron chi connectivity index (χ2n) is 5.06. The zero-order valence-corrected chi connectivity index (χ0v) is 14.6. The van der Waals surface area contributed by atoms with E-state index in [1.54, 1.807) is 50.2 Å². The summed E-state index contributed by atoms with van der Waals surface area (Å²) in [5.74, 6) is -1.40. The zero-order chi connectivity index (χ0) is 18.4. The number of nitrogens with one attached hydrogen (secondary N) is 1. The topological polar surface area (TPSA) is 96.3 Å². The fourth-order valence-corrected chi connectivity index (χ4v) is 3.40. The Kier molecular flexibility index (Phi) is 6.03. The third kappa shape index (κ3) is 4.11. The number of hydrogen-bond acceptors (Lipinski definition) is 6. The van der Waals surface area contributed by atoms with Crippen LogP contribution in [0.5, 0.6) is 0 Å². The SMILES string of the molecule is CCOC(=O)c1c(NC(=O)CC#N)sc(C(=O)c2ccccc2)c1C. The molecule has 0 unspecified atom stereocenters. The Labute approximate surface area is 149 Å². The molecule has 1 amide bonds. The molecule has 0 fully saturated rings. The second kappa shape index (κ2) is 8.22. The first-order chi connectivity index (χ1) is 12.0. The Bertz CT molecular complexity index is 850. The minimum absolute atomic E-state index is 0.150. The minimum atomic E-state index is -0.615. The monoisotopic (exact) mass is 356 g/mol. The summed E-state index contributed by atoms with van der Waals surface area (Å²) in [6.07, 6.45) is -0.346. The number of carbonyl (C=O) groups is 3. The number of esters is 1. The van der Waals surface area contributed by atoms with Gasteiger partial charge in [0, 0.05) is 5.56 Å². The van der Waals surface area contributed by atoms with Crippen molar-refractivity contribution in [3.05, 3.63) is 51.9 Å². The van der Waals surface area contributed by atoms with Crippen LogP contribution in [0.1, 0.15) is 44.5 Å². The summed E-state index contributed by atoms with van der Waals surface area (Å²) in [6, 6.07) is 10.4. The molecule has 1 aromatic carbocycles. The Balaban J connectivity index is 2.48. The van der Waals surface area contributed by atoms with E-state index in [9.17, 15) is 14.4 Å². The smallest absolute Gasteiger partial charge is 0.341 e. The number of amides is 1. The van der Waals surface area contributed by atoms with E-state index in [4.69, 9.17) is 10.00 Å². The predicted octanol–water partition coefficient (Wildman–Crippen LogP) is 3.32. The maximum atomic E-state index is 12.7. The quantitative estimate of drug-likeness (QED) is 0.633. The predicted molar refractivity (Wildman–Crippen MR) is 93.7 cm³/mol. The van der Waals surface area contributed by atoms with Gasteiger partial charge < -0.3 is 10.1 Å². The van der Waals surface area contributed by atoms with E-state index >= 15 is 0 Å². The molecule has 2 aromatic rings. The average Bonchev–Trinajstić information content (AvgIpc) is 2.91. The molecule has 128 valence electrons. The number of carbonyl (C=O) groups excluding carboxylic acids is 3. The van der Waals surface area contributed by atoms with Crippen LogP contribution in [-0.4, -0.2) is 24.3 Å². The summed E-state index contributed by atoms with van der Waals surface area (Å²) in [5.41, 5.74) is 1.08. The van der Waals surface area contributed by atoms with Crippen molar-refractivity contribution in [3.8, 4) is 6.07 Å². The first-order valence-corrected chi connectivity index (χ1v) is 8.38. The number of ether oxygens (including phenoxy) is 1. The fraction of sp³-hybridized carbons (Fsp3) is 0.222. The van der Waals surface area contributed by atoms with Gasteiger partial charge in [-0.15, -0.1) is 11.3 Å². The van der Waals surface area contributed by atoms with Crippen LogP contribution in [0.4, 0.5) is 5.00 Å². The highest BCUT2D eigenvalue weighted by atomic mass is 32.1. The molecule has 1 heterocycles. The molecule has 0 bridgehead atoms. The van der Waals surface area contributed by atoms with Gasteiger partial charge in [-0.2, -0.15) is 5.26 Å². The van der Waals surface area contributed by atoms with Crippen molar-refractivity contribution in [2.24, 2.45) is 0 Å². The molecule has 1 N–H and O–H groups in total. The van der Waals surface area contributed by atoms with Crippen LogP contribution in [0, 0.1) is 18.3 Å². The number of nitrogens with zero attached hydrogens (tertiary/aromatic N) is 1. The molecule has 7 heteroatoms. The summed E-state index contributed by atoms with van der Waals surface area (Å²) in [5, 5.41) is 11.4. The fourth-order valence-electron chi connectivity index (χ4n) is 2.23. The van der Waals surface area contributed by atoms with Gasteiger partial charge in [0.2, 0.25) is 11.7 Å². The molecule has 2 rings (SSSR count). The van der Waals surface area contributed by atoms with Gasteiger partial charge in [-0.25, -0.2) is 4.79 Å². The molecule has 0 aliphatic rings. The van der Waals surface area contributed by atoms with E-state index in [1.807, 2.05) is 0 Å². The summed E-state index contributed by atoms with van der Waals surface area (Å²) < 4.78 is 5.03. The van der Waals surface area contributed by atoms with Crippen molar-refractivity contribution in [3.63, 3.8) is 0 Å². The highest BCUT2D eigenvalue weighted by molar-refractivity contribution is 7.19. The maximum absolute atomic E-state index is 12.7. The van der Waals surface area contributed by atoms with Crippen LogP contribution >= 0.6 is 11.3 Å². The molecular formula is C18H16N2O4S. The van der Waals surface area contributed by atoms with Crippen LogP contribution in [0.25, 0.3) is 0 Å². The van der Waals surface area contributed by atoms with Crippen LogP contribution in [0.2, 0.25) is 0 Å². The highest BCUT2D eigenvalue weighted by Crippen LogP contribution is 2.35. The third-order valence-electron chi connectivity index (χ3n) is 3.36. The van der Waals surface area contributed by atoms with E-state index in [2.05, 4.69) is 5.32 Å². The molecule has 0 atom stereocenters. The van der Waals surface area contributed by atoms with Crippen LogP contribution in [0.3, 0.4) is 0 Å². The van der Waals surface area contributed by atoms with E-state index in [1.165, 1.54) is 0 Å². The van der Waals surface area contributed by atoms with E-state index in [0.29, 0.717) is 16.0 Å². The van der Waals surface area contributed by atoms with E-state index < -0.39 is 11.9 Å². The van der Waals surface area contributed by atoms with Crippen LogP contribution in [0.15, 0.2) is 30.3 Å². The van der Waals surface area contributed by atoms with Crippen molar-refractivity contribution < 1.29 is 19.1 Å². The normalized spacial score (nSPS) is 9.96. The minimum Gasteiger partial charge on any atom is -0.462 e. The molecule has 0 aliphatic heterocycles. The number of benzene rings is 1. The van der Waals surface area contributed by atoms with Crippen molar-refractivity contribution in [1.29, 1.82) is 5.26 Å². The first kappa shape index (κ1) is 18.4. The molecule has 6 nitrogen and oxygen atoms in total. The summed E-state index contributed by atoms with van der Waals surface area (Å²) >= 11 is 1.01. The van der Waals surface area contributed by atoms with Crippen molar-refractivity contribution in [2.45, 2.75) is 20.3 Å². The van der Waals surface area contributed by atoms with Crippen molar-refractivity contribution >= 4 is 34.0 Å². The van der Waals surface area contributed by atoms with Gasteiger partial charge in [0.1, 0.15) is 11.4 Å². The van der Waals surface area contributed by atoms with Gasteiger partial charge in [0.05, 0.1) is 23.1 Å². The lowest BCUT2D eigenvalue weighted by Gasteiger charge is -2.05. The average molecular weight is 356 g/mol. The largest absolute Gasteiger partial charge is 0.462 e. The first-order valence-electron chi connectivity index (χ1n) is 7.56. The number of rotatable bonds is 6. The third-order valence-corrected chi connectivity index (χ3v) is 4.57. The Morgan fingerprint density at radius 1 is 1.24 bits per heavy atom. The zero-order valence-electron chi connectivity index (χ0n) is 13.8. The van der Waals surface area contributed by atoms with Gasteiger partial charge in [-0.05, 0) is 19.4 Å². The van der Waals surface area contributed by atoms with Gasteiger partial charge in [-0.1, -0.05) is 30.3 Å². The second-order valence-corrected chi connectivity index (χ2v) is 6.08. The molecule has 1 aromatic heterocycles. The molecule has 0 saturated carbocycles. The van der Waals surface area contributed by atoms with Crippen LogP contribution < -0.4 is 5.32 Å². The number of ketones is 1. The van der Waals surface area contributed by atoms with Gasteiger partial charge in [0.25, 0.3) is 0 Å². The molecule has 0 aliphatic carbocycles. The maximum Gasteiger partial charge on any atom is 0.341 e. The lowest BCUT2D eigenvalue weighted by molar-refractivity contribution is -0.115. The lowest BCUT2D eigenvalue weighted by Crippen LogP contribution is -2.14. The lowest BCUT2D eigenvalue weighted by atomic mass is 10.0. The molecule has 25 heavy (non-hydrogen) atoms. The number of nitriles is 1.